The lowest BCUT2D eigenvalue weighted by Crippen LogP contribution is -2.47. The Kier molecular flexibility index (Phi) is 53.4. The molecule has 2 N–H and O–H groups in total. The average Bonchev–Trinajstić information content (AvgIpc) is 3.37. The van der Waals surface area contributed by atoms with Crippen LogP contribution in [0.5, 0.6) is 0 Å². The van der Waals surface area contributed by atoms with Crippen LogP contribution in [0.4, 0.5) is 0 Å². The minimum absolute atomic E-state index is 0.0301. The molecule has 0 aromatic rings. The van der Waals surface area contributed by atoms with Crippen molar-refractivity contribution < 1.29 is 37.3 Å². The van der Waals surface area contributed by atoms with Gasteiger partial charge in [0.05, 0.1) is 33.8 Å². The molecule has 0 fully saturated rings. The van der Waals surface area contributed by atoms with E-state index in [2.05, 4.69) is 74.7 Å². The molecular formula is C65H122N2O7P+. The fourth-order valence-electron chi connectivity index (χ4n) is 9.05. The van der Waals surface area contributed by atoms with Crippen molar-refractivity contribution in [2.75, 3.05) is 40.9 Å². The van der Waals surface area contributed by atoms with Gasteiger partial charge in [0, 0.05) is 12.8 Å². The predicted octanol–water partition coefficient (Wildman–Crippen LogP) is 19.4. The molecule has 0 radical (unpaired) electrons. The minimum Gasteiger partial charge on any atom is -0.456 e. The monoisotopic (exact) mass is 1070 g/mol. The molecule has 3 atom stereocenters. The van der Waals surface area contributed by atoms with E-state index < -0.39 is 20.0 Å². The van der Waals surface area contributed by atoms with Gasteiger partial charge >= 0.3 is 13.8 Å². The molecule has 10 heteroatoms. The van der Waals surface area contributed by atoms with Crippen LogP contribution < -0.4 is 5.32 Å². The van der Waals surface area contributed by atoms with E-state index in [0.717, 1.165) is 64.2 Å². The zero-order valence-corrected chi connectivity index (χ0v) is 50.9. The number of carbonyl (C=O) groups is 2. The highest BCUT2D eigenvalue weighted by Crippen LogP contribution is 2.43. The smallest absolute Gasteiger partial charge is 0.456 e. The van der Waals surface area contributed by atoms with Gasteiger partial charge in [-0.05, 0) is 70.3 Å². The third-order valence-corrected chi connectivity index (χ3v) is 14.9. The molecular weight excluding hydrogens is 952 g/mol. The number of nitrogens with one attached hydrogen (secondary N) is 1. The highest BCUT2D eigenvalue weighted by Gasteiger charge is 2.30. The van der Waals surface area contributed by atoms with Crippen molar-refractivity contribution in [2.45, 2.75) is 303 Å². The van der Waals surface area contributed by atoms with E-state index >= 15 is 0 Å². The maximum atomic E-state index is 13.5. The van der Waals surface area contributed by atoms with Gasteiger partial charge in [-0.15, -0.1) is 0 Å². The van der Waals surface area contributed by atoms with Crippen molar-refractivity contribution in [3.8, 4) is 0 Å². The fraction of sp³-hybridized carbons (Fsp3) is 0.815. The molecule has 0 bridgehead atoms. The van der Waals surface area contributed by atoms with Crippen LogP contribution in [0.25, 0.3) is 0 Å². The van der Waals surface area contributed by atoms with Gasteiger partial charge in [-0.2, -0.15) is 0 Å². The third kappa shape index (κ3) is 56.2. The van der Waals surface area contributed by atoms with Crippen LogP contribution in [-0.2, 0) is 27.9 Å². The number of phosphoric acid groups is 1. The van der Waals surface area contributed by atoms with Crippen LogP contribution in [-0.4, -0.2) is 74.3 Å². The Labute approximate surface area is 464 Å². The van der Waals surface area contributed by atoms with Crippen LogP contribution in [0.3, 0.4) is 0 Å². The Hall–Kier alpha value is -2.29. The Morgan fingerprint density at radius 1 is 0.467 bits per heavy atom. The van der Waals surface area contributed by atoms with Crippen LogP contribution >= 0.6 is 7.82 Å². The largest absolute Gasteiger partial charge is 0.472 e. The van der Waals surface area contributed by atoms with E-state index in [9.17, 15) is 19.0 Å². The number of likely N-dealkylation sites (N-methyl/N-ethyl adjacent to an activating group) is 1. The number of amides is 1. The van der Waals surface area contributed by atoms with Gasteiger partial charge < -0.3 is 19.4 Å². The van der Waals surface area contributed by atoms with E-state index in [0.29, 0.717) is 17.4 Å². The number of hydrogen-bond acceptors (Lipinski definition) is 6. The molecule has 0 aliphatic rings. The second kappa shape index (κ2) is 55.0. The molecule has 75 heavy (non-hydrogen) atoms. The summed E-state index contributed by atoms with van der Waals surface area (Å²) < 4.78 is 30.6. The third-order valence-electron chi connectivity index (χ3n) is 14.0. The van der Waals surface area contributed by atoms with Crippen molar-refractivity contribution >= 4 is 19.7 Å². The quantitative estimate of drug-likeness (QED) is 0.0205. The standard InChI is InChI=1S/C65H121N2O7P/c1-7-10-13-16-19-22-25-27-29-31-32-33-34-36-38-40-43-46-49-52-55-58-65(69)74-63(56-53-50-47-44-41-24-21-18-15-12-9-3)62(61-73-75(70,71)72-60-59-67(4,5)6)66-64(68)57-54-51-48-45-42-39-37-35-30-28-26-23-20-17-14-11-8-2/h20,23,28,30,37,39,45,48,53,56,62-63H,7-19,21-22,24-27,29,31-36,38,40-44,46-47,49-52,54-55,57-61H2,1-6H3,(H-,66,68,70,71)/p+1/b23-20-,30-28-,39-37-,48-45-,56-53+. The van der Waals surface area contributed by atoms with E-state index in [4.69, 9.17) is 13.8 Å². The number of hydrogen-bond donors (Lipinski definition) is 2. The summed E-state index contributed by atoms with van der Waals surface area (Å²) in [7, 11) is 1.47. The molecule has 0 saturated carbocycles. The minimum atomic E-state index is -4.46. The Morgan fingerprint density at radius 3 is 1.27 bits per heavy atom. The van der Waals surface area contributed by atoms with Crippen LogP contribution in [0.1, 0.15) is 290 Å². The summed E-state index contributed by atoms with van der Waals surface area (Å²) in [5.74, 6) is -0.562. The number of rotatable bonds is 57. The SMILES string of the molecule is CCCCC/C=C\C/C=C\C/C=C\C/C=C\CCCC(=O)NC(COP(=O)(O)OCC[N+](C)(C)C)C(/C=C/CCCCCCCCCCC)OC(=O)CCCCCCCCCCCCCCCCCCCCCCC. The van der Waals surface area contributed by atoms with E-state index in [-0.39, 0.29) is 37.9 Å². The lowest BCUT2D eigenvalue weighted by molar-refractivity contribution is -0.870. The molecule has 0 aromatic carbocycles. The second-order valence-corrected chi connectivity index (χ2v) is 24.0. The summed E-state index contributed by atoms with van der Waals surface area (Å²) in [6.07, 6.45) is 69.5. The number of phosphoric ester groups is 1. The summed E-state index contributed by atoms with van der Waals surface area (Å²) in [5, 5.41) is 3.02. The average molecular weight is 1070 g/mol. The molecule has 0 aromatic heterocycles. The number of esters is 1. The van der Waals surface area contributed by atoms with Gasteiger partial charge in [0.2, 0.25) is 5.91 Å². The van der Waals surface area contributed by atoms with Crippen molar-refractivity contribution in [3.63, 3.8) is 0 Å². The summed E-state index contributed by atoms with van der Waals surface area (Å²) in [6.45, 7) is 6.96. The first-order valence-corrected chi connectivity index (χ1v) is 33.1. The number of quaternary nitrogens is 1. The maximum Gasteiger partial charge on any atom is 0.472 e. The summed E-state index contributed by atoms with van der Waals surface area (Å²) >= 11 is 0. The van der Waals surface area contributed by atoms with Gasteiger partial charge in [0.15, 0.2) is 0 Å². The van der Waals surface area contributed by atoms with Crippen LogP contribution in [0.15, 0.2) is 60.8 Å². The van der Waals surface area contributed by atoms with Gasteiger partial charge in [-0.3, -0.25) is 18.6 Å². The van der Waals surface area contributed by atoms with Crippen molar-refractivity contribution in [1.29, 1.82) is 0 Å². The van der Waals surface area contributed by atoms with Gasteiger partial charge in [0.1, 0.15) is 19.3 Å². The normalized spacial score (nSPS) is 14.1. The summed E-state index contributed by atoms with van der Waals surface area (Å²) in [6, 6.07) is -0.875. The summed E-state index contributed by atoms with van der Waals surface area (Å²) in [5.41, 5.74) is 0. The predicted molar refractivity (Wildman–Crippen MR) is 323 cm³/mol. The fourth-order valence-corrected chi connectivity index (χ4v) is 9.79. The van der Waals surface area contributed by atoms with Gasteiger partial charge in [-0.1, -0.05) is 268 Å². The van der Waals surface area contributed by atoms with Crippen LogP contribution in [0.2, 0.25) is 0 Å². The highest BCUT2D eigenvalue weighted by atomic mass is 31.2. The topological polar surface area (TPSA) is 111 Å². The van der Waals surface area contributed by atoms with E-state index in [1.807, 2.05) is 33.3 Å². The molecule has 438 valence electrons. The number of allylic oxidation sites excluding steroid dienone is 9. The first kappa shape index (κ1) is 72.7. The van der Waals surface area contributed by atoms with Crippen molar-refractivity contribution in [2.24, 2.45) is 0 Å². The lowest BCUT2D eigenvalue weighted by atomic mass is 10.0. The number of carbonyl (C=O) groups excluding carboxylic acids is 2. The second-order valence-electron chi connectivity index (χ2n) is 22.6. The molecule has 0 aliphatic carbocycles. The molecule has 0 saturated heterocycles. The zero-order valence-electron chi connectivity index (χ0n) is 50.0. The number of nitrogens with zero attached hydrogens (tertiary/aromatic N) is 1. The first-order valence-electron chi connectivity index (χ1n) is 31.6. The van der Waals surface area contributed by atoms with Crippen LogP contribution in [0, 0.1) is 0 Å². The van der Waals surface area contributed by atoms with Gasteiger partial charge in [-0.25, -0.2) is 4.57 Å². The molecule has 3 unspecified atom stereocenters. The lowest BCUT2D eigenvalue weighted by Gasteiger charge is -2.27. The molecule has 0 spiro atoms. The Morgan fingerprint density at radius 2 is 0.827 bits per heavy atom. The molecule has 0 aliphatic heterocycles. The highest BCUT2D eigenvalue weighted by molar-refractivity contribution is 7.47. The van der Waals surface area contributed by atoms with Gasteiger partial charge in [0.25, 0.3) is 0 Å². The first-order chi connectivity index (χ1) is 36.4. The van der Waals surface area contributed by atoms with Crippen molar-refractivity contribution in [3.05, 3.63) is 60.8 Å². The van der Waals surface area contributed by atoms with Crippen molar-refractivity contribution in [1.82, 2.24) is 5.32 Å². The van der Waals surface area contributed by atoms with E-state index in [1.165, 1.54) is 186 Å². The molecule has 1 amide bonds. The zero-order chi connectivity index (χ0) is 55.0. The maximum absolute atomic E-state index is 13.5. The Bertz CT molecular complexity index is 1470. The number of ether oxygens (including phenoxy) is 1. The number of unbranched alkanes of at least 4 members (excludes halogenated alkanes) is 33. The molecule has 0 heterocycles. The Balaban J connectivity index is 5.23. The summed E-state index contributed by atoms with van der Waals surface area (Å²) in [4.78, 5) is 37.7. The van der Waals surface area contributed by atoms with E-state index in [1.54, 1.807) is 0 Å². The molecule has 0 rings (SSSR count). The molecule has 9 nitrogen and oxygen atoms in total.